The number of Topliss-reactive ketones (excluding diaryl/α,β-unsaturated/α-hetero) is 1. The number of hydrogen-bond donors (Lipinski definition) is 1. The van der Waals surface area contributed by atoms with Gasteiger partial charge in [-0.25, -0.2) is 4.39 Å². The summed E-state index contributed by atoms with van der Waals surface area (Å²) >= 11 is 0. The molecule has 1 fully saturated rings. The molecule has 0 saturated carbocycles. The lowest BCUT2D eigenvalue weighted by Crippen LogP contribution is -2.30. The smallest absolute Gasteiger partial charge is 0.193 e. The fraction of sp³-hybridized carbons (Fsp3) is 0.115. The third-order valence-corrected chi connectivity index (χ3v) is 5.66. The Balaban J connectivity index is 1.69. The first kappa shape index (κ1) is 18.4. The maximum Gasteiger partial charge on any atom is 0.193 e. The molecule has 2 aliphatic rings. The van der Waals surface area contributed by atoms with Crippen LogP contribution in [-0.4, -0.2) is 23.8 Å². The number of hydrogen-bond acceptors (Lipinski definition) is 3. The Morgan fingerprint density at radius 2 is 1.57 bits per heavy atom. The van der Waals surface area contributed by atoms with Crippen molar-refractivity contribution in [3.63, 3.8) is 0 Å². The number of nitrogens with one attached hydrogen (secondary N) is 1. The van der Waals surface area contributed by atoms with Gasteiger partial charge in [0, 0.05) is 30.3 Å². The van der Waals surface area contributed by atoms with Crippen molar-refractivity contribution in [1.29, 1.82) is 0 Å². The molecule has 0 radical (unpaired) electrons. The van der Waals surface area contributed by atoms with E-state index in [1.54, 1.807) is 12.1 Å². The van der Waals surface area contributed by atoms with E-state index in [2.05, 4.69) is 28.4 Å². The molecule has 1 atom stereocenters. The highest BCUT2D eigenvalue weighted by atomic mass is 19.1. The molecule has 148 valence electrons. The van der Waals surface area contributed by atoms with Crippen LogP contribution in [0.15, 0.2) is 102 Å². The summed E-state index contributed by atoms with van der Waals surface area (Å²) in [4.78, 5) is 15.8. The van der Waals surface area contributed by atoms with Gasteiger partial charge < -0.3 is 10.2 Å². The molecule has 5 rings (SSSR count). The summed E-state index contributed by atoms with van der Waals surface area (Å²) in [7, 11) is 0. The number of allylic oxidation sites excluding steroid dienone is 2. The van der Waals surface area contributed by atoms with Crippen molar-refractivity contribution in [2.24, 2.45) is 0 Å². The van der Waals surface area contributed by atoms with Crippen molar-refractivity contribution in [2.75, 3.05) is 13.1 Å². The Hall–Kier alpha value is -3.66. The van der Waals surface area contributed by atoms with Crippen LogP contribution in [0.1, 0.15) is 27.4 Å². The molecule has 0 aromatic heterocycles. The number of carbonyl (C=O) groups excluding carboxylic acids is 1. The third-order valence-electron chi connectivity index (χ3n) is 5.66. The van der Waals surface area contributed by atoms with Crippen LogP contribution in [0.3, 0.4) is 0 Å². The summed E-state index contributed by atoms with van der Waals surface area (Å²) in [5.41, 5.74) is 4.40. The largest absolute Gasteiger partial charge is 0.369 e. The lowest BCUT2D eigenvalue weighted by molar-refractivity contribution is 0.102. The monoisotopic (exact) mass is 396 g/mol. The molecule has 2 heterocycles. The lowest BCUT2D eigenvalue weighted by Gasteiger charge is -2.33. The molecule has 1 N–H and O–H groups in total. The molecule has 4 heteroatoms. The van der Waals surface area contributed by atoms with E-state index in [0.29, 0.717) is 11.1 Å². The summed E-state index contributed by atoms with van der Waals surface area (Å²) in [5, 5.41) is 3.44. The minimum atomic E-state index is -0.286. The summed E-state index contributed by atoms with van der Waals surface area (Å²) in [5.74, 6) is 0.276. The van der Waals surface area contributed by atoms with E-state index in [4.69, 9.17) is 0 Å². The van der Waals surface area contributed by atoms with E-state index >= 15 is 0 Å². The summed E-state index contributed by atoms with van der Waals surface area (Å²) in [6, 6.07) is 25.9. The summed E-state index contributed by atoms with van der Waals surface area (Å²) in [6.45, 7) is 1.55. The highest BCUT2D eigenvalue weighted by molar-refractivity contribution is 6.11. The van der Waals surface area contributed by atoms with Gasteiger partial charge in [0.1, 0.15) is 11.6 Å². The van der Waals surface area contributed by atoms with Crippen LogP contribution in [0.4, 0.5) is 4.39 Å². The fourth-order valence-corrected chi connectivity index (χ4v) is 4.24. The number of benzene rings is 3. The lowest BCUT2D eigenvalue weighted by atomic mass is 9.82. The van der Waals surface area contributed by atoms with Crippen molar-refractivity contribution >= 4 is 11.5 Å². The van der Waals surface area contributed by atoms with Gasteiger partial charge in [0.15, 0.2) is 5.78 Å². The van der Waals surface area contributed by atoms with Crippen LogP contribution >= 0.6 is 0 Å². The number of halogens is 1. The zero-order valence-corrected chi connectivity index (χ0v) is 16.4. The van der Waals surface area contributed by atoms with Crippen molar-refractivity contribution in [2.45, 2.75) is 5.92 Å². The molecule has 3 aromatic carbocycles. The zero-order valence-electron chi connectivity index (χ0n) is 16.4. The van der Waals surface area contributed by atoms with Gasteiger partial charge in [0.05, 0.1) is 5.57 Å². The van der Waals surface area contributed by atoms with Crippen LogP contribution < -0.4 is 5.32 Å². The Bertz CT molecular complexity index is 1130. The maximum absolute atomic E-state index is 13.6. The van der Waals surface area contributed by atoms with Gasteiger partial charge in [-0.15, -0.1) is 0 Å². The first-order valence-electron chi connectivity index (χ1n) is 10.1. The molecule has 2 aliphatic heterocycles. The summed E-state index contributed by atoms with van der Waals surface area (Å²) < 4.78 is 13.6. The normalized spacial score (nSPS) is 18.0. The number of rotatable bonds is 4. The fourth-order valence-electron chi connectivity index (χ4n) is 4.24. The summed E-state index contributed by atoms with van der Waals surface area (Å²) in [6.07, 6.45) is 2.13. The number of ketones is 1. The van der Waals surface area contributed by atoms with E-state index in [9.17, 15) is 9.18 Å². The van der Waals surface area contributed by atoms with Crippen molar-refractivity contribution in [3.05, 3.63) is 125 Å². The minimum absolute atomic E-state index is 0.0114. The van der Waals surface area contributed by atoms with E-state index in [-0.39, 0.29) is 17.5 Å². The quantitative estimate of drug-likeness (QED) is 0.633. The van der Waals surface area contributed by atoms with Gasteiger partial charge in [0.25, 0.3) is 0 Å². The second kappa shape index (κ2) is 7.64. The standard InChI is InChI=1S/C26H21FN2O/c27-21-13-11-18(12-14-21)22-17-23(19-7-3-1-4-8-19)29-16-15-28-26(29)24(22)25(30)20-9-5-2-6-10-20/h1-14,17,22,28H,15-16H2. The van der Waals surface area contributed by atoms with Crippen LogP contribution in [0.2, 0.25) is 0 Å². The van der Waals surface area contributed by atoms with Crippen LogP contribution in [0.25, 0.3) is 5.70 Å². The number of fused-ring (bicyclic) bond motifs is 1. The van der Waals surface area contributed by atoms with Gasteiger partial charge in [-0.05, 0) is 29.3 Å². The average Bonchev–Trinajstić information content (AvgIpc) is 3.29. The van der Waals surface area contributed by atoms with Gasteiger partial charge in [-0.1, -0.05) is 72.8 Å². The predicted octanol–water partition coefficient (Wildman–Crippen LogP) is 4.96. The highest BCUT2D eigenvalue weighted by Gasteiger charge is 2.36. The number of nitrogens with zero attached hydrogens (tertiary/aromatic N) is 1. The molecule has 1 unspecified atom stereocenters. The van der Waals surface area contributed by atoms with Gasteiger partial charge in [0.2, 0.25) is 0 Å². The van der Waals surface area contributed by atoms with Gasteiger partial charge >= 0.3 is 0 Å². The van der Waals surface area contributed by atoms with Gasteiger partial charge in [-0.3, -0.25) is 4.79 Å². The topological polar surface area (TPSA) is 32.3 Å². The molecule has 1 saturated heterocycles. The Kier molecular flexibility index (Phi) is 4.68. The molecule has 0 amide bonds. The second-order valence-corrected chi connectivity index (χ2v) is 7.48. The average molecular weight is 396 g/mol. The minimum Gasteiger partial charge on any atom is -0.369 e. The second-order valence-electron chi connectivity index (χ2n) is 7.48. The van der Waals surface area contributed by atoms with Crippen LogP contribution in [0.5, 0.6) is 0 Å². The van der Waals surface area contributed by atoms with E-state index < -0.39 is 0 Å². The van der Waals surface area contributed by atoms with E-state index in [1.165, 1.54) is 12.1 Å². The van der Waals surface area contributed by atoms with E-state index in [1.807, 2.05) is 48.5 Å². The Labute approximate surface area is 175 Å². The van der Waals surface area contributed by atoms with Crippen molar-refractivity contribution < 1.29 is 9.18 Å². The zero-order chi connectivity index (χ0) is 20.5. The first-order valence-corrected chi connectivity index (χ1v) is 10.1. The SMILES string of the molecule is O=C(C1=C2NCCN2C(c2ccccc2)=CC1c1ccc(F)cc1)c1ccccc1. The Morgan fingerprint density at radius 3 is 2.27 bits per heavy atom. The molecule has 3 aromatic rings. The molecule has 30 heavy (non-hydrogen) atoms. The van der Waals surface area contributed by atoms with Crippen molar-refractivity contribution in [3.8, 4) is 0 Å². The predicted molar refractivity (Wildman–Crippen MR) is 116 cm³/mol. The van der Waals surface area contributed by atoms with E-state index in [0.717, 1.165) is 35.7 Å². The third kappa shape index (κ3) is 3.20. The molecular formula is C26H21FN2O. The Morgan fingerprint density at radius 1 is 0.900 bits per heavy atom. The molecular weight excluding hydrogens is 375 g/mol. The first-order chi connectivity index (χ1) is 14.7. The molecule has 0 aliphatic carbocycles. The highest BCUT2D eigenvalue weighted by Crippen LogP contribution is 2.41. The van der Waals surface area contributed by atoms with Crippen LogP contribution in [-0.2, 0) is 0 Å². The molecule has 0 bridgehead atoms. The number of carbonyl (C=O) groups is 1. The molecule has 0 spiro atoms. The molecule has 3 nitrogen and oxygen atoms in total. The van der Waals surface area contributed by atoms with Crippen LogP contribution in [0, 0.1) is 5.82 Å². The maximum atomic E-state index is 13.6. The van der Waals surface area contributed by atoms with Crippen molar-refractivity contribution in [1.82, 2.24) is 10.2 Å². The van der Waals surface area contributed by atoms with Gasteiger partial charge in [-0.2, -0.15) is 0 Å².